The van der Waals surface area contributed by atoms with Crippen molar-refractivity contribution in [3.05, 3.63) is 21.9 Å². The van der Waals surface area contributed by atoms with Gasteiger partial charge < -0.3 is 22.8 Å². The van der Waals surface area contributed by atoms with Crippen LogP contribution in [0.4, 0.5) is 0 Å². The van der Waals surface area contributed by atoms with Crippen LogP contribution in [0.1, 0.15) is 23.1 Å². The van der Waals surface area contributed by atoms with Gasteiger partial charge in [0.2, 0.25) is 0 Å². The SMILES string of the molecule is CCC(CO)NCc1ccc(C)s1.[Cl-]. The van der Waals surface area contributed by atoms with Crippen LogP contribution < -0.4 is 17.7 Å². The molecule has 2 N–H and O–H groups in total. The molecule has 0 fully saturated rings. The summed E-state index contributed by atoms with van der Waals surface area (Å²) in [4.78, 5) is 2.68. The molecule has 0 saturated heterocycles. The minimum absolute atomic E-state index is 0. The highest BCUT2D eigenvalue weighted by Crippen LogP contribution is 2.14. The molecule has 1 aromatic rings. The van der Waals surface area contributed by atoms with Crippen LogP contribution in [0.25, 0.3) is 0 Å². The molecule has 0 aliphatic rings. The van der Waals surface area contributed by atoms with Crippen LogP contribution in [0.3, 0.4) is 0 Å². The van der Waals surface area contributed by atoms with E-state index in [-0.39, 0.29) is 25.1 Å². The number of hydrogen-bond acceptors (Lipinski definition) is 3. The van der Waals surface area contributed by atoms with E-state index in [2.05, 4.69) is 31.3 Å². The van der Waals surface area contributed by atoms with E-state index in [1.54, 1.807) is 11.3 Å². The Kier molecular flexibility index (Phi) is 7.19. The smallest absolute Gasteiger partial charge is 0.0584 e. The second-order valence-electron chi connectivity index (χ2n) is 3.18. The molecule has 14 heavy (non-hydrogen) atoms. The Morgan fingerprint density at radius 2 is 2.21 bits per heavy atom. The normalized spacial score (nSPS) is 12.2. The molecular weight excluding hydrogens is 218 g/mol. The third-order valence-corrected chi connectivity index (χ3v) is 3.07. The van der Waals surface area contributed by atoms with Gasteiger partial charge in [0.25, 0.3) is 0 Å². The lowest BCUT2D eigenvalue weighted by Crippen LogP contribution is -3.00. The molecule has 0 saturated carbocycles. The first-order chi connectivity index (χ1) is 6.26. The summed E-state index contributed by atoms with van der Waals surface area (Å²) in [5.41, 5.74) is 0. The lowest BCUT2D eigenvalue weighted by molar-refractivity contribution is -0.00000376. The molecular formula is C10H17ClNOS-. The van der Waals surface area contributed by atoms with Crippen molar-refractivity contribution in [2.45, 2.75) is 32.9 Å². The Morgan fingerprint density at radius 3 is 2.64 bits per heavy atom. The molecule has 0 aromatic carbocycles. The summed E-state index contributed by atoms with van der Waals surface area (Å²) in [7, 11) is 0. The van der Waals surface area contributed by atoms with E-state index in [4.69, 9.17) is 5.11 Å². The Morgan fingerprint density at radius 1 is 1.50 bits per heavy atom. The number of aliphatic hydroxyl groups is 1. The molecule has 82 valence electrons. The molecule has 1 atom stereocenters. The summed E-state index contributed by atoms with van der Waals surface area (Å²) < 4.78 is 0. The summed E-state index contributed by atoms with van der Waals surface area (Å²) in [6, 6.07) is 4.50. The number of rotatable bonds is 5. The van der Waals surface area contributed by atoms with E-state index in [1.807, 2.05) is 0 Å². The van der Waals surface area contributed by atoms with E-state index < -0.39 is 0 Å². The van der Waals surface area contributed by atoms with Crippen molar-refractivity contribution in [1.82, 2.24) is 5.32 Å². The highest BCUT2D eigenvalue weighted by Gasteiger charge is 2.03. The van der Waals surface area contributed by atoms with Crippen molar-refractivity contribution in [2.24, 2.45) is 0 Å². The van der Waals surface area contributed by atoms with Gasteiger partial charge in [-0.3, -0.25) is 0 Å². The number of halogens is 1. The Bertz CT molecular complexity index is 248. The maximum absolute atomic E-state index is 8.95. The van der Waals surface area contributed by atoms with Crippen LogP contribution in [0, 0.1) is 6.92 Å². The van der Waals surface area contributed by atoms with Crippen molar-refractivity contribution in [2.75, 3.05) is 6.61 Å². The van der Waals surface area contributed by atoms with Crippen LogP contribution in [0.5, 0.6) is 0 Å². The quantitative estimate of drug-likeness (QED) is 0.680. The van der Waals surface area contributed by atoms with Gasteiger partial charge >= 0.3 is 0 Å². The number of aryl methyl sites for hydroxylation is 1. The molecule has 0 aliphatic carbocycles. The van der Waals surface area contributed by atoms with Gasteiger partial charge in [0.05, 0.1) is 6.61 Å². The fourth-order valence-corrected chi connectivity index (χ4v) is 2.00. The average molecular weight is 235 g/mol. The lowest BCUT2D eigenvalue weighted by atomic mass is 10.2. The predicted molar refractivity (Wildman–Crippen MR) is 57.1 cm³/mol. The maximum Gasteiger partial charge on any atom is 0.0584 e. The molecule has 4 heteroatoms. The second kappa shape index (κ2) is 7.23. The van der Waals surface area contributed by atoms with E-state index in [1.165, 1.54) is 9.75 Å². The van der Waals surface area contributed by atoms with Gasteiger partial charge in [-0.05, 0) is 25.5 Å². The van der Waals surface area contributed by atoms with Crippen LogP contribution >= 0.6 is 11.3 Å². The zero-order valence-corrected chi connectivity index (χ0v) is 10.2. The molecule has 2 nitrogen and oxygen atoms in total. The monoisotopic (exact) mass is 234 g/mol. The topological polar surface area (TPSA) is 32.3 Å². The minimum Gasteiger partial charge on any atom is -1.00 e. The Labute approximate surface area is 95.8 Å². The molecule has 1 heterocycles. The van der Waals surface area contributed by atoms with Crippen LogP contribution in [-0.2, 0) is 6.54 Å². The summed E-state index contributed by atoms with van der Waals surface area (Å²) in [6.45, 7) is 5.28. The fraction of sp³-hybridized carbons (Fsp3) is 0.600. The number of hydrogen-bond donors (Lipinski definition) is 2. The molecule has 0 radical (unpaired) electrons. The largest absolute Gasteiger partial charge is 1.00 e. The molecule has 1 unspecified atom stereocenters. The highest BCUT2D eigenvalue weighted by atomic mass is 35.5. The molecule has 0 spiro atoms. The highest BCUT2D eigenvalue weighted by molar-refractivity contribution is 7.11. The van der Waals surface area contributed by atoms with Crippen molar-refractivity contribution in [1.29, 1.82) is 0 Å². The first-order valence-corrected chi connectivity index (χ1v) is 5.47. The third kappa shape index (κ3) is 4.42. The van der Waals surface area contributed by atoms with E-state index in [9.17, 15) is 0 Å². The number of nitrogens with one attached hydrogen (secondary N) is 1. The standard InChI is InChI=1S/C10H17NOS.ClH/c1-3-9(7-12)11-6-10-5-4-8(2)13-10;/h4-5,9,11-12H,3,6-7H2,1-2H3;1H/p-1. The van der Waals surface area contributed by atoms with Gasteiger partial charge in [-0.25, -0.2) is 0 Å². The lowest BCUT2D eigenvalue weighted by Gasteiger charge is -2.12. The zero-order chi connectivity index (χ0) is 9.68. The maximum atomic E-state index is 8.95. The van der Waals surface area contributed by atoms with Gasteiger partial charge in [0, 0.05) is 22.3 Å². The van der Waals surface area contributed by atoms with E-state index >= 15 is 0 Å². The summed E-state index contributed by atoms with van der Waals surface area (Å²) in [5, 5.41) is 12.3. The predicted octanol–water partition coefficient (Wildman–Crippen LogP) is -1.08. The van der Waals surface area contributed by atoms with Gasteiger partial charge in [-0.15, -0.1) is 11.3 Å². The third-order valence-electron chi connectivity index (χ3n) is 2.07. The minimum atomic E-state index is 0. The summed E-state index contributed by atoms with van der Waals surface area (Å²) >= 11 is 1.81. The molecule has 1 rings (SSSR count). The van der Waals surface area contributed by atoms with Gasteiger partial charge in [0.1, 0.15) is 0 Å². The Hall–Kier alpha value is -0.0900. The number of aliphatic hydroxyl groups excluding tert-OH is 1. The first-order valence-electron chi connectivity index (χ1n) is 4.65. The summed E-state index contributed by atoms with van der Waals surface area (Å²) in [5.74, 6) is 0. The van der Waals surface area contributed by atoms with Gasteiger partial charge in [-0.1, -0.05) is 6.92 Å². The molecule has 0 bridgehead atoms. The van der Waals surface area contributed by atoms with Crippen molar-refractivity contribution >= 4 is 11.3 Å². The first kappa shape index (κ1) is 13.9. The Balaban J connectivity index is 0.00000169. The molecule has 0 aliphatic heterocycles. The van der Waals surface area contributed by atoms with E-state index in [0.29, 0.717) is 0 Å². The molecule has 0 amide bonds. The average Bonchev–Trinajstić information content (AvgIpc) is 2.53. The van der Waals surface area contributed by atoms with Crippen LogP contribution in [-0.4, -0.2) is 17.8 Å². The van der Waals surface area contributed by atoms with E-state index in [0.717, 1.165) is 13.0 Å². The van der Waals surface area contributed by atoms with Crippen LogP contribution in [0.2, 0.25) is 0 Å². The number of thiophene rings is 1. The molecule has 1 aromatic heterocycles. The van der Waals surface area contributed by atoms with Gasteiger partial charge in [-0.2, -0.15) is 0 Å². The van der Waals surface area contributed by atoms with Gasteiger partial charge in [0.15, 0.2) is 0 Å². The van der Waals surface area contributed by atoms with Crippen molar-refractivity contribution in [3.8, 4) is 0 Å². The van der Waals surface area contributed by atoms with Crippen LogP contribution in [0.15, 0.2) is 12.1 Å². The van der Waals surface area contributed by atoms with Crippen molar-refractivity contribution < 1.29 is 17.5 Å². The fourth-order valence-electron chi connectivity index (χ4n) is 1.16. The second-order valence-corrected chi connectivity index (χ2v) is 4.55. The summed E-state index contributed by atoms with van der Waals surface area (Å²) in [6.07, 6.45) is 0.973. The van der Waals surface area contributed by atoms with Crippen molar-refractivity contribution in [3.63, 3.8) is 0 Å². The zero-order valence-electron chi connectivity index (χ0n) is 8.59.